The Morgan fingerprint density at radius 1 is 0.579 bits per heavy atom. The largest absolute Gasteiger partial charge is 0.508 e. The average molecular weight is 504 g/mol. The number of nitrogens with zero attached hydrogens (tertiary/aromatic N) is 2. The lowest BCUT2D eigenvalue weighted by Gasteiger charge is -2.17. The first-order valence-corrected chi connectivity index (χ1v) is 11.8. The first-order chi connectivity index (χ1) is 18.2. The van der Waals surface area contributed by atoms with Crippen LogP contribution in [0.3, 0.4) is 0 Å². The number of phenols is 2. The number of phenolic OH excluding ortho intramolecular Hbond substituents is 2. The number of carbonyl (C=O) groups excluding carboxylic acids is 4. The van der Waals surface area contributed by atoms with Gasteiger partial charge >= 0.3 is 0 Å². The molecule has 6 rings (SSSR count). The number of anilines is 1. The van der Waals surface area contributed by atoms with Gasteiger partial charge in [-0.1, -0.05) is 36.4 Å². The fourth-order valence-electron chi connectivity index (χ4n) is 4.95. The number of aromatic hydroxyl groups is 2. The zero-order valence-electron chi connectivity index (χ0n) is 20.4. The fraction of sp³-hybridized carbons (Fsp3) is 0.0667. The number of carbonyl (C=O) groups is 4. The van der Waals surface area contributed by atoms with E-state index in [4.69, 9.17) is 0 Å². The lowest BCUT2D eigenvalue weighted by molar-refractivity contribution is 0.0692. The molecule has 186 valence electrons. The molecule has 4 aromatic carbocycles. The minimum atomic E-state index is -0.614. The van der Waals surface area contributed by atoms with E-state index in [1.807, 2.05) is 0 Å². The third-order valence-electron chi connectivity index (χ3n) is 7.07. The number of amides is 4. The molecule has 0 atom stereocenters. The van der Waals surface area contributed by atoms with Crippen LogP contribution in [0.5, 0.6) is 11.5 Å². The summed E-state index contributed by atoms with van der Waals surface area (Å²) in [6.45, 7) is 1.77. The van der Waals surface area contributed by atoms with Gasteiger partial charge in [0.05, 0.1) is 27.9 Å². The van der Waals surface area contributed by atoms with Crippen molar-refractivity contribution in [2.45, 2.75) is 6.92 Å². The van der Waals surface area contributed by atoms with Crippen molar-refractivity contribution in [2.75, 3.05) is 11.9 Å². The van der Waals surface area contributed by atoms with E-state index >= 15 is 0 Å². The van der Waals surface area contributed by atoms with Crippen molar-refractivity contribution in [2.24, 2.45) is 0 Å². The van der Waals surface area contributed by atoms with Crippen molar-refractivity contribution in [3.63, 3.8) is 0 Å². The molecular weight excluding hydrogens is 484 g/mol. The van der Waals surface area contributed by atoms with Crippen molar-refractivity contribution >= 4 is 29.3 Å². The van der Waals surface area contributed by atoms with E-state index in [2.05, 4.69) is 0 Å². The van der Waals surface area contributed by atoms with Crippen LogP contribution in [0.1, 0.15) is 47.0 Å². The molecule has 0 fully saturated rings. The highest BCUT2D eigenvalue weighted by molar-refractivity contribution is 6.36. The quantitative estimate of drug-likeness (QED) is 0.389. The van der Waals surface area contributed by atoms with E-state index in [-0.39, 0.29) is 39.4 Å². The number of aryl methyl sites for hydroxylation is 1. The molecule has 2 heterocycles. The second kappa shape index (κ2) is 8.14. The van der Waals surface area contributed by atoms with Crippen LogP contribution in [0, 0.1) is 6.92 Å². The average Bonchev–Trinajstić information content (AvgIpc) is 3.30. The van der Waals surface area contributed by atoms with Crippen LogP contribution in [-0.4, -0.2) is 45.8 Å². The van der Waals surface area contributed by atoms with Crippen molar-refractivity contribution in [3.8, 4) is 33.8 Å². The summed E-state index contributed by atoms with van der Waals surface area (Å²) in [5.41, 5.74) is 3.78. The van der Waals surface area contributed by atoms with E-state index in [9.17, 15) is 29.4 Å². The highest BCUT2D eigenvalue weighted by atomic mass is 16.3. The molecule has 0 saturated carbocycles. The molecular formula is C30H20N2O6. The molecule has 4 amide bonds. The minimum Gasteiger partial charge on any atom is -0.508 e. The summed E-state index contributed by atoms with van der Waals surface area (Å²) in [5.74, 6) is -2.19. The van der Waals surface area contributed by atoms with Crippen LogP contribution in [-0.2, 0) is 0 Å². The summed E-state index contributed by atoms with van der Waals surface area (Å²) in [6.07, 6.45) is 0. The lowest BCUT2D eigenvalue weighted by Crippen LogP contribution is -2.29. The van der Waals surface area contributed by atoms with Crippen LogP contribution >= 0.6 is 0 Å². The maximum atomic E-state index is 13.6. The number of hydrogen-bond acceptors (Lipinski definition) is 6. The molecule has 0 saturated heterocycles. The van der Waals surface area contributed by atoms with Gasteiger partial charge in [0.1, 0.15) is 11.5 Å². The molecule has 38 heavy (non-hydrogen) atoms. The van der Waals surface area contributed by atoms with E-state index in [0.717, 1.165) is 9.80 Å². The van der Waals surface area contributed by atoms with Crippen LogP contribution < -0.4 is 4.90 Å². The van der Waals surface area contributed by atoms with Gasteiger partial charge in [0.2, 0.25) is 0 Å². The first kappa shape index (κ1) is 23.2. The van der Waals surface area contributed by atoms with E-state index < -0.39 is 23.6 Å². The molecule has 0 radical (unpaired) electrons. The second-order valence-corrected chi connectivity index (χ2v) is 9.31. The lowest BCUT2D eigenvalue weighted by atomic mass is 9.94. The fourth-order valence-corrected chi connectivity index (χ4v) is 4.95. The summed E-state index contributed by atoms with van der Waals surface area (Å²) in [7, 11) is 1.41. The molecule has 0 bridgehead atoms. The Kier molecular flexibility index (Phi) is 4.96. The van der Waals surface area contributed by atoms with Gasteiger partial charge in [-0.25, -0.2) is 4.90 Å². The molecule has 4 aromatic rings. The van der Waals surface area contributed by atoms with E-state index in [1.54, 1.807) is 61.5 Å². The molecule has 2 aliphatic rings. The van der Waals surface area contributed by atoms with Gasteiger partial charge in [-0.05, 0) is 71.1 Å². The molecule has 8 heteroatoms. The summed E-state index contributed by atoms with van der Waals surface area (Å²) >= 11 is 0. The number of rotatable bonds is 3. The summed E-state index contributed by atoms with van der Waals surface area (Å²) < 4.78 is 0. The molecule has 0 aromatic heterocycles. The highest BCUT2D eigenvalue weighted by Gasteiger charge is 2.40. The summed E-state index contributed by atoms with van der Waals surface area (Å²) in [5, 5.41) is 20.9. The van der Waals surface area contributed by atoms with Gasteiger partial charge in [-0.2, -0.15) is 0 Å². The number of benzene rings is 4. The van der Waals surface area contributed by atoms with Gasteiger partial charge in [0, 0.05) is 7.05 Å². The molecule has 0 spiro atoms. The smallest absolute Gasteiger partial charge is 0.266 e. The minimum absolute atomic E-state index is 0.0265. The summed E-state index contributed by atoms with van der Waals surface area (Å²) in [6, 6.07) is 19.3. The molecule has 0 unspecified atom stereocenters. The van der Waals surface area contributed by atoms with Crippen molar-refractivity contribution in [3.05, 3.63) is 101 Å². The topological polar surface area (TPSA) is 115 Å². The van der Waals surface area contributed by atoms with Crippen molar-refractivity contribution < 1.29 is 29.4 Å². The first-order valence-electron chi connectivity index (χ1n) is 11.8. The molecule has 8 nitrogen and oxygen atoms in total. The van der Waals surface area contributed by atoms with Crippen LogP contribution in [0.25, 0.3) is 22.3 Å². The second-order valence-electron chi connectivity index (χ2n) is 9.31. The zero-order valence-corrected chi connectivity index (χ0v) is 20.4. The van der Waals surface area contributed by atoms with Gasteiger partial charge in [0.25, 0.3) is 23.6 Å². The van der Waals surface area contributed by atoms with Gasteiger partial charge in [0.15, 0.2) is 0 Å². The van der Waals surface area contributed by atoms with Crippen LogP contribution in [0.15, 0.2) is 72.8 Å². The predicted octanol–water partition coefficient (Wildman–Crippen LogP) is 4.77. The molecule has 2 aliphatic heterocycles. The Morgan fingerprint density at radius 2 is 1.21 bits per heavy atom. The SMILES string of the molecule is Cc1ccc(-c2ccc(N3C(=O)c4cccc(-c5ccc6c(c5)C(=O)N(C)C6=O)c4C3=O)c(O)c2)cc1O. The zero-order chi connectivity index (χ0) is 26.9. The number of imide groups is 2. The number of fused-ring (bicyclic) bond motifs is 2. The van der Waals surface area contributed by atoms with Crippen molar-refractivity contribution in [1.82, 2.24) is 4.90 Å². The van der Waals surface area contributed by atoms with E-state index in [1.165, 1.54) is 25.2 Å². The normalized spacial score (nSPS) is 14.4. The standard InChI is InChI=1S/C30H20N2O6/c1-15-6-7-16(13-24(15)33)17-9-11-23(25(34)14-17)32-29(37)21-5-3-4-19(26(21)30(32)38)18-8-10-20-22(12-18)28(36)31(2)27(20)35/h3-14,33-34H,1-2H3. The Balaban J connectivity index is 1.40. The van der Waals surface area contributed by atoms with Crippen LogP contribution in [0.2, 0.25) is 0 Å². The van der Waals surface area contributed by atoms with Gasteiger partial charge in [-0.15, -0.1) is 0 Å². The molecule has 2 N–H and O–H groups in total. The Morgan fingerprint density at radius 3 is 1.92 bits per heavy atom. The third kappa shape index (κ3) is 3.24. The molecule has 0 aliphatic carbocycles. The maximum absolute atomic E-state index is 13.6. The highest BCUT2D eigenvalue weighted by Crippen LogP contribution is 2.41. The van der Waals surface area contributed by atoms with Gasteiger partial charge < -0.3 is 10.2 Å². The monoisotopic (exact) mass is 504 g/mol. The van der Waals surface area contributed by atoms with E-state index in [0.29, 0.717) is 27.8 Å². The maximum Gasteiger partial charge on any atom is 0.266 e. The number of hydrogen-bond donors (Lipinski definition) is 2. The van der Waals surface area contributed by atoms with Gasteiger partial charge in [-0.3, -0.25) is 24.1 Å². The third-order valence-corrected chi connectivity index (χ3v) is 7.07. The van der Waals surface area contributed by atoms with Crippen LogP contribution in [0.4, 0.5) is 5.69 Å². The Hall–Kier alpha value is -5.24. The predicted molar refractivity (Wildman–Crippen MR) is 139 cm³/mol. The summed E-state index contributed by atoms with van der Waals surface area (Å²) in [4.78, 5) is 53.7. The Labute approximate surface area is 217 Å². The Bertz CT molecular complexity index is 1760. The van der Waals surface area contributed by atoms with Crippen molar-refractivity contribution in [1.29, 1.82) is 0 Å².